The second-order valence-electron chi connectivity index (χ2n) is 8.07. The average molecular weight is 450 g/mol. The first-order valence-electron chi connectivity index (χ1n) is 9.71. The quantitative estimate of drug-likeness (QED) is 0.637. The number of benzene rings is 1. The maximum atomic E-state index is 12.4. The molecule has 10 heteroatoms. The number of furan rings is 1. The van der Waals surface area contributed by atoms with Gasteiger partial charge < -0.3 is 19.1 Å². The smallest absolute Gasteiger partial charge is 0.298 e. The number of carbonyl (C=O) groups excluding carboxylic acids is 1. The molecule has 1 amide bonds. The molecule has 0 atom stereocenters. The highest BCUT2D eigenvalue weighted by atomic mass is 35.5. The lowest BCUT2D eigenvalue weighted by Crippen LogP contribution is -2.66. The highest BCUT2D eigenvalue weighted by molar-refractivity contribution is 7.91. The van der Waals surface area contributed by atoms with Crippen LogP contribution in [0.1, 0.15) is 30.3 Å². The Morgan fingerprint density at radius 1 is 1.27 bits per heavy atom. The zero-order chi connectivity index (χ0) is 21.1. The van der Waals surface area contributed by atoms with E-state index in [1.807, 2.05) is 6.07 Å². The number of aromatic nitrogens is 1. The van der Waals surface area contributed by atoms with Gasteiger partial charge in [-0.25, -0.2) is 8.42 Å². The Hall–Kier alpha value is -2.52. The molecule has 2 fully saturated rings. The number of nitrogens with zero attached hydrogens (tertiary/aromatic N) is 2. The van der Waals surface area contributed by atoms with Crippen LogP contribution in [0, 0.1) is 5.41 Å². The van der Waals surface area contributed by atoms with Crippen molar-refractivity contribution in [1.29, 1.82) is 0 Å². The molecule has 30 heavy (non-hydrogen) atoms. The Morgan fingerprint density at radius 2 is 2.03 bits per heavy atom. The summed E-state index contributed by atoms with van der Waals surface area (Å²) >= 11 is 6.00. The molecule has 1 N–H and O–H groups in total. The van der Waals surface area contributed by atoms with Gasteiger partial charge in [0.25, 0.3) is 11.9 Å². The van der Waals surface area contributed by atoms with Gasteiger partial charge in [-0.15, -0.1) is 0 Å². The third-order valence-electron chi connectivity index (χ3n) is 5.85. The first-order chi connectivity index (χ1) is 14.3. The highest BCUT2D eigenvalue weighted by Gasteiger charge is 2.54. The van der Waals surface area contributed by atoms with Crippen LogP contribution in [0.25, 0.3) is 11.1 Å². The van der Waals surface area contributed by atoms with E-state index >= 15 is 0 Å². The summed E-state index contributed by atoms with van der Waals surface area (Å²) in [4.78, 5) is 18.9. The third-order valence-corrected chi connectivity index (χ3v) is 7.67. The van der Waals surface area contributed by atoms with E-state index in [2.05, 4.69) is 15.2 Å². The van der Waals surface area contributed by atoms with Crippen LogP contribution >= 0.6 is 11.6 Å². The van der Waals surface area contributed by atoms with Crippen LogP contribution in [0.5, 0.6) is 0 Å². The minimum atomic E-state index is -3.46. The predicted octanol–water partition coefficient (Wildman–Crippen LogP) is 3.27. The molecule has 0 bridgehead atoms. The number of oxazole rings is 1. The van der Waals surface area contributed by atoms with E-state index < -0.39 is 9.84 Å². The van der Waals surface area contributed by atoms with Crippen molar-refractivity contribution in [3.05, 3.63) is 41.1 Å². The van der Waals surface area contributed by atoms with Gasteiger partial charge in [-0.05, 0) is 43.2 Å². The number of hydrogen-bond donors (Lipinski definition) is 1. The molecule has 1 saturated heterocycles. The fourth-order valence-electron chi connectivity index (χ4n) is 4.28. The molecule has 2 aliphatic rings. The van der Waals surface area contributed by atoms with Gasteiger partial charge in [0.15, 0.2) is 11.3 Å². The summed E-state index contributed by atoms with van der Waals surface area (Å²) in [5, 5.41) is 3.37. The molecule has 1 aliphatic carbocycles. The van der Waals surface area contributed by atoms with Gasteiger partial charge in [-0.3, -0.25) is 4.79 Å². The molecule has 3 aromatic rings. The highest BCUT2D eigenvalue weighted by Crippen LogP contribution is 2.49. The summed E-state index contributed by atoms with van der Waals surface area (Å²) in [5.74, 6) is -0.446. The van der Waals surface area contributed by atoms with Gasteiger partial charge in [0.1, 0.15) is 5.52 Å². The number of amides is 1. The van der Waals surface area contributed by atoms with Crippen LogP contribution in [0.4, 0.5) is 6.01 Å². The first-order valence-corrected chi connectivity index (χ1v) is 11.7. The second-order valence-corrected chi connectivity index (χ2v) is 10.7. The van der Waals surface area contributed by atoms with Crippen LogP contribution in [0.3, 0.4) is 0 Å². The standard InChI is InChI=1S/C20H20ClN3O5S/c1-2-30(26,27)17-6-5-16(28-17)18(25)22-13-8-20(9-13)10-24(11-20)19-23-14-7-12(21)3-4-15(14)29-19/h3-7,13H,2,8-11H2,1H3,(H,22,25). The number of sulfone groups is 1. The zero-order valence-electron chi connectivity index (χ0n) is 16.2. The van der Waals surface area contributed by atoms with Gasteiger partial charge >= 0.3 is 0 Å². The normalized spacial score (nSPS) is 18.4. The number of fused-ring (bicyclic) bond motifs is 1. The van der Waals surface area contributed by atoms with E-state index in [0.29, 0.717) is 16.6 Å². The van der Waals surface area contributed by atoms with Gasteiger partial charge in [0.2, 0.25) is 14.9 Å². The van der Waals surface area contributed by atoms with Crippen molar-refractivity contribution in [3.63, 3.8) is 0 Å². The summed E-state index contributed by atoms with van der Waals surface area (Å²) in [7, 11) is -3.46. The number of nitrogens with one attached hydrogen (secondary N) is 1. The third kappa shape index (κ3) is 3.26. The number of halogens is 1. The van der Waals surface area contributed by atoms with Crippen LogP contribution in [-0.4, -0.2) is 44.2 Å². The van der Waals surface area contributed by atoms with E-state index in [1.165, 1.54) is 19.1 Å². The SMILES string of the molecule is CCS(=O)(=O)c1ccc(C(=O)NC2CC3(C2)CN(c2nc4cc(Cl)ccc4o2)C3)o1. The van der Waals surface area contributed by atoms with E-state index in [9.17, 15) is 13.2 Å². The van der Waals surface area contributed by atoms with E-state index in [-0.39, 0.29) is 34.0 Å². The van der Waals surface area contributed by atoms with Crippen molar-refractivity contribution in [2.24, 2.45) is 5.41 Å². The Labute approximate surface area is 178 Å². The lowest BCUT2D eigenvalue weighted by atomic mass is 9.61. The zero-order valence-corrected chi connectivity index (χ0v) is 17.8. The fraction of sp³-hybridized carbons (Fsp3) is 0.400. The van der Waals surface area contributed by atoms with Crippen molar-refractivity contribution in [3.8, 4) is 0 Å². The van der Waals surface area contributed by atoms with Gasteiger partial charge in [0, 0.05) is 29.6 Å². The van der Waals surface area contributed by atoms with Gasteiger partial charge in [0.05, 0.1) is 5.75 Å². The molecule has 2 aromatic heterocycles. The Morgan fingerprint density at radius 3 is 2.77 bits per heavy atom. The number of anilines is 1. The number of rotatable bonds is 5. The molecule has 1 aromatic carbocycles. The largest absolute Gasteiger partial charge is 0.440 e. The van der Waals surface area contributed by atoms with Crippen LogP contribution in [-0.2, 0) is 9.84 Å². The van der Waals surface area contributed by atoms with Gasteiger partial charge in [-0.1, -0.05) is 18.5 Å². The summed E-state index contributed by atoms with van der Waals surface area (Å²) in [5.41, 5.74) is 1.59. The molecule has 8 nitrogen and oxygen atoms in total. The predicted molar refractivity (Wildman–Crippen MR) is 111 cm³/mol. The van der Waals surface area contributed by atoms with Crippen LogP contribution < -0.4 is 10.2 Å². The second kappa shape index (κ2) is 6.75. The van der Waals surface area contributed by atoms with Crippen molar-refractivity contribution in [2.75, 3.05) is 23.7 Å². The molecule has 158 valence electrons. The van der Waals surface area contributed by atoms with E-state index in [4.69, 9.17) is 20.4 Å². The summed E-state index contributed by atoms with van der Waals surface area (Å²) < 4.78 is 34.7. The number of hydrogen-bond acceptors (Lipinski definition) is 7. The topological polar surface area (TPSA) is 106 Å². The molecular formula is C20H20ClN3O5S. The molecule has 5 rings (SSSR count). The minimum Gasteiger partial charge on any atom is -0.440 e. The Kier molecular flexibility index (Phi) is 4.37. The molecule has 3 heterocycles. The van der Waals surface area contributed by atoms with Crippen LogP contribution in [0.2, 0.25) is 5.02 Å². The molecular weight excluding hydrogens is 430 g/mol. The Bertz CT molecular complexity index is 1230. The molecule has 0 radical (unpaired) electrons. The fourth-order valence-corrected chi connectivity index (χ4v) is 5.22. The molecule has 0 unspecified atom stereocenters. The van der Waals surface area contributed by atoms with Gasteiger partial charge in [-0.2, -0.15) is 4.98 Å². The van der Waals surface area contributed by atoms with Crippen molar-refractivity contribution < 1.29 is 22.0 Å². The summed E-state index contributed by atoms with van der Waals surface area (Å²) in [6.07, 6.45) is 1.70. The van der Waals surface area contributed by atoms with Crippen molar-refractivity contribution in [2.45, 2.75) is 30.9 Å². The van der Waals surface area contributed by atoms with Crippen LogP contribution in [0.15, 0.2) is 44.3 Å². The summed E-state index contributed by atoms with van der Waals surface area (Å²) in [6.45, 7) is 3.17. The first kappa shape index (κ1) is 19.4. The average Bonchev–Trinajstić information content (AvgIpc) is 3.29. The number of carbonyl (C=O) groups is 1. The minimum absolute atomic E-state index is 0.0170. The molecule has 1 aliphatic heterocycles. The maximum Gasteiger partial charge on any atom is 0.298 e. The monoisotopic (exact) mass is 449 g/mol. The maximum absolute atomic E-state index is 12.4. The molecule has 1 spiro atoms. The van der Waals surface area contributed by atoms with Crippen molar-refractivity contribution >= 4 is 44.5 Å². The molecule has 1 saturated carbocycles. The summed E-state index contributed by atoms with van der Waals surface area (Å²) in [6, 6.07) is 8.72. The lowest BCUT2D eigenvalue weighted by molar-refractivity contribution is 0.0403. The van der Waals surface area contributed by atoms with Crippen molar-refractivity contribution in [1.82, 2.24) is 10.3 Å². The Balaban J connectivity index is 1.16. The van der Waals surface area contributed by atoms with E-state index in [1.54, 1.807) is 12.1 Å². The van der Waals surface area contributed by atoms with E-state index in [0.717, 1.165) is 31.4 Å². The lowest BCUT2D eigenvalue weighted by Gasteiger charge is -2.58.